The Hall–Kier alpha value is -3.39. The third kappa shape index (κ3) is 4.91. The topological polar surface area (TPSA) is 69.7 Å². The van der Waals surface area contributed by atoms with Gasteiger partial charge < -0.3 is 14.2 Å². The minimum atomic E-state index is -0.491. The Bertz CT molecular complexity index is 1050. The highest BCUT2D eigenvalue weighted by atomic mass is 32.1. The quantitative estimate of drug-likeness (QED) is 0.571. The summed E-state index contributed by atoms with van der Waals surface area (Å²) in [7, 11) is 4.53. The molecule has 1 N–H and O–H groups in total. The summed E-state index contributed by atoms with van der Waals surface area (Å²) in [5.41, 5.74) is 2.08. The van der Waals surface area contributed by atoms with Crippen LogP contribution in [-0.4, -0.2) is 32.2 Å². The van der Waals surface area contributed by atoms with Gasteiger partial charge in [0.05, 0.1) is 27.0 Å². The number of ether oxygens (including phenoxy) is 3. The Morgan fingerprint density at radius 3 is 2.45 bits per heavy atom. The molecular formula is C21H19FN2O4S. The fourth-order valence-corrected chi connectivity index (χ4v) is 3.29. The monoisotopic (exact) mass is 414 g/mol. The molecule has 0 unspecified atom stereocenters. The largest absolute Gasteiger partial charge is 0.494 e. The summed E-state index contributed by atoms with van der Waals surface area (Å²) in [5.74, 6) is 0.513. The highest BCUT2D eigenvalue weighted by molar-refractivity contribution is 7.14. The number of methoxy groups -OCH3 is 3. The lowest BCUT2D eigenvalue weighted by molar-refractivity contribution is -0.111. The second-order valence-corrected chi connectivity index (χ2v) is 6.68. The van der Waals surface area contributed by atoms with Gasteiger partial charge in [0.15, 0.2) is 28.2 Å². The van der Waals surface area contributed by atoms with Crippen LogP contribution in [0.25, 0.3) is 17.3 Å². The molecule has 0 aliphatic carbocycles. The summed E-state index contributed by atoms with van der Waals surface area (Å²) in [6.07, 6.45) is 2.83. The Labute approximate surface area is 171 Å². The van der Waals surface area contributed by atoms with E-state index in [9.17, 15) is 9.18 Å². The fraction of sp³-hybridized carbons (Fsp3) is 0.143. The Balaban J connectivity index is 1.68. The van der Waals surface area contributed by atoms with Crippen LogP contribution in [0, 0.1) is 5.82 Å². The third-order valence-corrected chi connectivity index (χ3v) is 4.77. The average molecular weight is 414 g/mol. The average Bonchev–Trinajstić information content (AvgIpc) is 3.20. The molecule has 1 amide bonds. The summed E-state index contributed by atoms with van der Waals surface area (Å²) in [6, 6.07) is 9.93. The molecule has 0 atom stereocenters. The minimum absolute atomic E-state index is 0.150. The number of anilines is 1. The molecule has 0 spiro atoms. The van der Waals surface area contributed by atoms with Gasteiger partial charge >= 0.3 is 0 Å². The highest BCUT2D eigenvalue weighted by Gasteiger charge is 2.10. The van der Waals surface area contributed by atoms with E-state index >= 15 is 0 Å². The second kappa shape index (κ2) is 9.20. The van der Waals surface area contributed by atoms with Gasteiger partial charge in [0.25, 0.3) is 0 Å². The van der Waals surface area contributed by atoms with Crippen LogP contribution in [0.4, 0.5) is 9.52 Å². The Morgan fingerprint density at radius 2 is 1.76 bits per heavy atom. The van der Waals surface area contributed by atoms with Gasteiger partial charge in [0, 0.05) is 17.0 Å². The number of rotatable bonds is 7. The van der Waals surface area contributed by atoms with E-state index in [1.165, 1.54) is 42.7 Å². The van der Waals surface area contributed by atoms with Crippen LogP contribution in [0.1, 0.15) is 5.56 Å². The normalized spacial score (nSPS) is 10.8. The highest BCUT2D eigenvalue weighted by Crippen LogP contribution is 2.33. The number of nitrogens with zero attached hydrogens (tertiary/aromatic N) is 1. The molecule has 0 saturated carbocycles. The molecule has 0 radical (unpaired) electrons. The van der Waals surface area contributed by atoms with Crippen LogP contribution in [0.15, 0.2) is 47.9 Å². The summed E-state index contributed by atoms with van der Waals surface area (Å²) in [5, 5.41) is 4.98. The summed E-state index contributed by atoms with van der Waals surface area (Å²) in [6.45, 7) is 0. The van der Waals surface area contributed by atoms with Crippen LogP contribution in [-0.2, 0) is 4.79 Å². The van der Waals surface area contributed by atoms with Crippen molar-refractivity contribution in [3.63, 3.8) is 0 Å². The zero-order chi connectivity index (χ0) is 20.8. The zero-order valence-corrected chi connectivity index (χ0v) is 16.9. The van der Waals surface area contributed by atoms with Gasteiger partial charge in [0.1, 0.15) is 0 Å². The van der Waals surface area contributed by atoms with E-state index in [2.05, 4.69) is 10.3 Å². The lowest BCUT2D eigenvalue weighted by atomic mass is 10.1. The smallest absolute Gasteiger partial charge is 0.250 e. The molecule has 2 aromatic carbocycles. The van der Waals surface area contributed by atoms with Gasteiger partial charge in [-0.25, -0.2) is 9.37 Å². The SMILES string of the molecule is COc1ccc(/C=C/C(=O)Nc2nc(-c3ccc(OC)c(OC)c3)cs2)cc1F. The molecule has 3 aromatic rings. The first-order valence-corrected chi connectivity index (χ1v) is 9.42. The lowest BCUT2D eigenvalue weighted by Gasteiger charge is -2.08. The summed E-state index contributed by atoms with van der Waals surface area (Å²) < 4.78 is 29.1. The predicted molar refractivity (Wildman–Crippen MR) is 111 cm³/mol. The van der Waals surface area contributed by atoms with E-state index in [1.807, 2.05) is 17.5 Å². The number of halogens is 1. The zero-order valence-electron chi connectivity index (χ0n) is 16.1. The molecule has 29 heavy (non-hydrogen) atoms. The fourth-order valence-electron chi connectivity index (χ4n) is 2.56. The van der Waals surface area contributed by atoms with Crippen LogP contribution in [0.3, 0.4) is 0 Å². The van der Waals surface area contributed by atoms with Gasteiger partial charge in [0.2, 0.25) is 5.91 Å². The lowest BCUT2D eigenvalue weighted by Crippen LogP contribution is -2.07. The number of thiazole rings is 1. The first-order chi connectivity index (χ1) is 14.0. The summed E-state index contributed by atoms with van der Waals surface area (Å²) in [4.78, 5) is 16.6. The van der Waals surface area contributed by atoms with Crippen molar-refractivity contribution < 1.29 is 23.4 Å². The number of benzene rings is 2. The Kier molecular flexibility index (Phi) is 6.46. The van der Waals surface area contributed by atoms with Crippen molar-refractivity contribution in [2.45, 2.75) is 0 Å². The van der Waals surface area contributed by atoms with Crippen LogP contribution < -0.4 is 19.5 Å². The van der Waals surface area contributed by atoms with E-state index in [-0.39, 0.29) is 11.7 Å². The first kappa shape index (κ1) is 20.3. The third-order valence-electron chi connectivity index (χ3n) is 4.02. The number of hydrogen-bond donors (Lipinski definition) is 1. The number of nitrogens with one attached hydrogen (secondary N) is 1. The molecule has 150 valence electrons. The van der Waals surface area contributed by atoms with E-state index in [0.29, 0.717) is 27.9 Å². The van der Waals surface area contributed by atoms with Crippen LogP contribution in [0.5, 0.6) is 17.2 Å². The van der Waals surface area contributed by atoms with E-state index in [4.69, 9.17) is 14.2 Å². The standard InChI is InChI=1S/C21H19FN2O4S/c1-26-17-7-4-13(10-15(17)22)5-9-20(25)24-21-23-16(12-29-21)14-6-8-18(27-2)19(11-14)28-3/h4-12H,1-3H3,(H,23,24,25)/b9-5+. The molecule has 6 nitrogen and oxygen atoms in total. The van der Waals surface area contributed by atoms with E-state index in [0.717, 1.165) is 5.56 Å². The van der Waals surface area contributed by atoms with Crippen LogP contribution in [0.2, 0.25) is 0 Å². The van der Waals surface area contributed by atoms with Gasteiger partial charge in [-0.15, -0.1) is 11.3 Å². The van der Waals surface area contributed by atoms with Crippen molar-refractivity contribution >= 4 is 28.5 Å². The number of carbonyl (C=O) groups excluding carboxylic acids is 1. The molecule has 1 aromatic heterocycles. The molecule has 0 bridgehead atoms. The van der Waals surface area contributed by atoms with E-state index in [1.54, 1.807) is 26.4 Å². The minimum Gasteiger partial charge on any atom is -0.494 e. The predicted octanol–water partition coefficient (Wildman–Crippen LogP) is 4.63. The maximum Gasteiger partial charge on any atom is 0.250 e. The van der Waals surface area contributed by atoms with Gasteiger partial charge in [-0.05, 0) is 42.0 Å². The molecule has 3 rings (SSSR count). The van der Waals surface area contributed by atoms with Crippen molar-refractivity contribution in [2.75, 3.05) is 26.6 Å². The number of aromatic nitrogens is 1. The Morgan fingerprint density at radius 1 is 1.03 bits per heavy atom. The van der Waals surface area contributed by atoms with Crippen molar-refractivity contribution in [3.05, 3.63) is 59.2 Å². The van der Waals surface area contributed by atoms with Crippen LogP contribution >= 0.6 is 11.3 Å². The number of hydrogen-bond acceptors (Lipinski definition) is 6. The maximum absolute atomic E-state index is 13.7. The molecule has 1 heterocycles. The molecule has 0 saturated heterocycles. The van der Waals surface area contributed by atoms with Gasteiger partial charge in [-0.1, -0.05) is 6.07 Å². The molecule has 8 heteroatoms. The van der Waals surface area contributed by atoms with Gasteiger partial charge in [-0.2, -0.15) is 0 Å². The molecular weight excluding hydrogens is 395 g/mol. The maximum atomic E-state index is 13.7. The van der Waals surface area contributed by atoms with E-state index < -0.39 is 5.82 Å². The molecule has 0 fully saturated rings. The van der Waals surface area contributed by atoms with Crippen molar-refractivity contribution in [2.24, 2.45) is 0 Å². The van der Waals surface area contributed by atoms with Crippen molar-refractivity contribution in [1.82, 2.24) is 4.98 Å². The second-order valence-electron chi connectivity index (χ2n) is 5.82. The molecule has 0 aliphatic heterocycles. The molecule has 0 aliphatic rings. The van der Waals surface area contributed by atoms with Crippen molar-refractivity contribution in [3.8, 4) is 28.5 Å². The number of carbonyl (C=O) groups is 1. The first-order valence-electron chi connectivity index (χ1n) is 8.54. The van der Waals surface area contributed by atoms with Gasteiger partial charge in [-0.3, -0.25) is 10.1 Å². The summed E-state index contributed by atoms with van der Waals surface area (Å²) >= 11 is 1.30. The number of amides is 1. The van der Waals surface area contributed by atoms with Crippen molar-refractivity contribution in [1.29, 1.82) is 0 Å².